The predicted molar refractivity (Wildman–Crippen MR) is 112 cm³/mol. The van der Waals surface area contributed by atoms with Gasteiger partial charge in [-0.3, -0.25) is 19.4 Å². The van der Waals surface area contributed by atoms with E-state index in [2.05, 4.69) is 10.3 Å². The highest BCUT2D eigenvalue weighted by atomic mass is 32.2. The van der Waals surface area contributed by atoms with E-state index in [1.807, 2.05) is 12.1 Å². The van der Waals surface area contributed by atoms with E-state index in [0.29, 0.717) is 5.17 Å². The van der Waals surface area contributed by atoms with E-state index in [1.54, 1.807) is 19.2 Å². The lowest BCUT2D eigenvalue weighted by atomic mass is 9.98. The minimum atomic E-state index is -0.980. The Labute approximate surface area is 183 Å². The number of hydrogen-bond acceptors (Lipinski definition) is 11. The first kappa shape index (κ1) is 22.9. The van der Waals surface area contributed by atoms with Crippen molar-refractivity contribution in [3.05, 3.63) is 24.3 Å². The molecule has 0 radical (unpaired) electrons. The molecule has 0 aliphatic carbocycles. The van der Waals surface area contributed by atoms with Gasteiger partial charge in [-0.1, -0.05) is 11.8 Å². The predicted octanol–water partition coefficient (Wildman–Crippen LogP) is 1.73. The summed E-state index contributed by atoms with van der Waals surface area (Å²) in [4.78, 5) is 39.3. The molecule has 2 heterocycles. The van der Waals surface area contributed by atoms with Gasteiger partial charge in [-0.15, -0.1) is 0 Å². The maximum Gasteiger partial charge on any atom is 0.303 e. The maximum atomic E-state index is 11.8. The molecule has 1 aromatic carbocycles. The summed E-state index contributed by atoms with van der Waals surface area (Å²) in [6.07, 6.45) is -2.70. The van der Waals surface area contributed by atoms with Gasteiger partial charge in [0, 0.05) is 26.5 Å². The van der Waals surface area contributed by atoms with Crippen molar-refractivity contribution in [2.24, 2.45) is 4.99 Å². The van der Waals surface area contributed by atoms with E-state index in [1.165, 1.54) is 32.5 Å². The number of ether oxygens (including phenoxy) is 5. The summed E-state index contributed by atoms with van der Waals surface area (Å²) in [6, 6.07) is 6.66. The van der Waals surface area contributed by atoms with E-state index in [0.717, 1.165) is 11.4 Å². The summed E-state index contributed by atoms with van der Waals surface area (Å²) >= 11 is 1.30. The first-order valence-electron chi connectivity index (χ1n) is 9.55. The van der Waals surface area contributed by atoms with Crippen LogP contribution in [-0.2, 0) is 33.3 Å². The number of nitrogens with one attached hydrogen (secondary N) is 1. The fraction of sp³-hybridized carbons (Fsp3) is 0.500. The van der Waals surface area contributed by atoms with Crippen molar-refractivity contribution in [2.45, 2.75) is 50.6 Å². The van der Waals surface area contributed by atoms with E-state index in [-0.39, 0.29) is 6.61 Å². The average molecular weight is 452 g/mol. The van der Waals surface area contributed by atoms with Crippen LogP contribution >= 0.6 is 11.8 Å². The highest BCUT2D eigenvalue weighted by molar-refractivity contribution is 8.14. The van der Waals surface area contributed by atoms with Crippen LogP contribution in [0.15, 0.2) is 29.3 Å². The molecule has 1 fully saturated rings. The minimum Gasteiger partial charge on any atom is -0.497 e. The Morgan fingerprint density at radius 3 is 2.26 bits per heavy atom. The van der Waals surface area contributed by atoms with Crippen LogP contribution in [0.25, 0.3) is 0 Å². The summed E-state index contributed by atoms with van der Waals surface area (Å²) in [5, 5.41) is 3.74. The Morgan fingerprint density at radius 1 is 1.03 bits per heavy atom. The van der Waals surface area contributed by atoms with Crippen molar-refractivity contribution in [2.75, 3.05) is 19.0 Å². The Hall–Kier alpha value is -2.79. The highest BCUT2D eigenvalue weighted by Crippen LogP contribution is 2.39. The van der Waals surface area contributed by atoms with Gasteiger partial charge in [-0.25, -0.2) is 0 Å². The molecule has 31 heavy (non-hydrogen) atoms. The molecule has 10 nitrogen and oxygen atoms in total. The van der Waals surface area contributed by atoms with E-state index in [9.17, 15) is 14.4 Å². The van der Waals surface area contributed by atoms with Gasteiger partial charge in [0.05, 0.1) is 7.11 Å². The molecule has 1 unspecified atom stereocenters. The third-order valence-electron chi connectivity index (χ3n) is 4.50. The van der Waals surface area contributed by atoms with Gasteiger partial charge in [0.2, 0.25) is 0 Å². The summed E-state index contributed by atoms with van der Waals surface area (Å²) in [5.74, 6) is -0.918. The number of fused-ring (bicyclic) bond motifs is 1. The summed E-state index contributed by atoms with van der Waals surface area (Å²) in [7, 11) is 1.59. The molecule has 0 aromatic heterocycles. The second kappa shape index (κ2) is 10.0. The van der Waals surface area contributed by atoms with Gasteiger partial charge in [0.1, 0.15) is 29.9 Å². The maximum absolute atomic E-state index is 11.8. The molecular weight excluding hydrogens is 428 g/mol. The smallest absolute Gasteiger partial charge is 0.303 e. The summed E-state index contributed by atoms with van der Waals surface area (Å²) < 4.78 is 27.1. The Kier molecular flexibility index (Phi) is 7.39. The van der Waals surface area contributed by atoms with Gasteiger partial charge in [0.25, 0.3) is 0 Å². The Balaban J connectivity index is 1.82. The number of amidine groups is 1. The number of carbonyl (C=O) groups is 3. The second-order valence-electron chi connectivity index (χ2n) is 6.89. The molecule has 168 valence electrons. The summed E-state index contributed by atoms with van der Waals surface area (Å²) in [5.41, 5.74) is 0.250. The summed E-state index contributed by atoms with van der Waals surface area (Å²) in [6.45, 7) is 3.61. The highest BCUT2D eigenvalue weighted by Gasteiger charge is 2.53. The molecule has 1 aromatic rings. The van der Waals surface area contributed by atoms with Crippen LogP contribution in [0.3, 0.4) is 0 Å². The van der Waals surface area contributed by atoms with Crippen molar-refractivity contribution in [1.29, 1.82) is 0 Å². The molecule has 11 heteroatoms. The van der Waals surface area contributed by atoms with Crippen LogP contribution in [0.1, 0.15) is 20.8 Å². The zero-order chi connectivity index (χ0) is 22.5. The van der Waals surface area contributed by atoms with Crippen LogP contribution in [0.4, 0.5) is 5.69 Å². The monoisotopic (exact) mass is 452 g/mol. The van der Waals surface area contributed by atoms with E-state index >= 15 is 0 Å². The van der Waals surface area contributed by atoms with Crippen molar-refractivity contribution in [3.63, 3.8) is 0 Å². The number of methoxy groups -OCH3 is 1. The molecular formula is C20H24N2O8S. The number of hydrogen-bond donors (Lipinski definition) is 1. The quantitative estimate of drug-likeness (QED) is 0.504. The Bertz CT molecular complexity index is 859. The number of nitrogens with zero attached hydrogens (tertiary/aromatic N) is 1. The zero-order valence-corrected chi connectivity index (χ0v) is 18.3. The molecule has 5 atom stereocenters. The number of aliphatic imine (C=N–C) groups is 1. The molecule has 1 N–H and O–H groups in total. The van der Waals surface area contributed by atoms with Crippen molar-refractivity contribution in [3.8, 4) is 5.75 Å². The van der Waals surface area contributed by atoms with Gasteiger partial charge >= 0.3 is 17.9 Å². The fourth-order valence-corrected chi connectivity index (χ4v) is 4.39. The number of anilines is 1. The van der Waals surface area contributed by atoms with Gasteiger partial charge in [-0.05, 0) is 24.3 Å². The molecule has 2 aliphatic heterocycles. The van der Waals surface area contributed by atoms with Gasteiger partial charge < -0.3 is 29.0 Å². The standard InChI is InChI=1S/C20H24N2O8S/c1-10(23)27-9-15-17(28-11(2)24)18(29-12(3)25)16-19(30-15)31-20(22-16)21-13-5-7-14(26-4)8-6-13/h5-8,15-19H,9H2,1-4H3,(H,21,22)/t15-,16?,17-,18-,19+/m1/s1. The van der Waals surface area contributed by atoms with Gasteiger partial charge in [-0.2, -0.15) is 0 Å². The zero-order valence-electron chi connectivity index (χ0n) is 17.5. The Morgan fingerprint density at radius 2 is 1.68 bits per heavy atom. The van der Waals surface area contributed by atoms with Crippen LogP contribution in [0.2, 0.25) is 0 Å². The number of rotatable bonds is 6. The first-order valence-corrected chi connectivity index (χ1v) is 10.4. The first-order chi connectivity index (χ1) is 14.8. The van der Waals surface area contributed by atoms with Crippen molar-refractivity contribution in [1.82, 2.24) is 0 Å². The molecule has 0 amide bonds. The molecule has 0 spiro atoms. The second-order valence-corrected chi connectivity index (χ2v) is 7.98. The minimum absolute atomic E-state index is 0.157. The van der Waals surface area contributed by atoms with Gasteiger partial charge in [0.15, 0.2) is 17.4 Å². The topological polar surface area (TPSA) is 122 Å². The van der Waals surface area contributed by atoms with Crippen molar-refractivity contribution >= 4 is 40.5 Å². The lowest BCUT2D eigenvalue weighted by molar-refractivity contribution is -0.208. The fourth-order valence-electron chi connectivity index (χ4n) is 3.25. The van der Waals surface area contributed by atoms with Crippen molar-refractivity contribution < 1.29 is 38.1 Å². The normalized spacial score (nSPS) is 26.8. The lowest BCUT2D eigenvalue weighted by Gasteiger charge is -2.41. The van der Waals surface area contributed by atoms with E-state index < -0.39 is 47.7 Å². The molecule has 0 bridgehead atoms. The third-order valence-corrected chi connectivity index (χ3v) is 5.56. The molecule has 2 aliphatic rings. The van der Waals surface area contributed by atoms with Crippen LogP contribution in [-0.4, -0.2) is 66.6 Å². The number of benzene rings is 1. The average Bonchev–Trinajstić information content (AvgIpc) is 3.10. The molecule has 0 saturated carbocycles. The largest absolute Gasteiger partial charge is 0.497 e. The lowest BCUT2D eigenvalue weighted by Crippen LogP contribution is -2.59. The number of carbonyl (C=O) groups excluding carboxylic acids is 3. The SMILES string of the molecule is COc1ccc(NC2=NC3[C@@H](OC(C)=O)[C@H](OC(C)=O)[C@@H](COC(C)=O)O[C@H]3S2)cc1. The number of thioether (sulfide) groups is 1. The molecule has 3 rings (SSSR count). The van der Waals surface area contributed by atoms with Crippen LogP contribution in [0, 0.1) is 0 Å². The van der Waals surface area contributed by atoms with E-state index in [4.69, 9.17) is 23.7 Å². The number of esters is 3. The van der Waals surface area contributed by atoms with Crippen LogP contribution < -0.4 is 10.1 Å². The molecule has 1 saturated heterocycles. The van der Waals surface area contributed by atoms with Crippen LogP contribution in [0.5, 0.6) is 5.75 Å². The third kappa shape index (κ3) is 5.88.